The van der Waals surface area contributed by atoms with Crippen LogP contribution < -0.4 is 4.59 Å². The Morgan fingerprint density at radius 1 is 1.36 bits per heavy atom. The van der Waals surface area contributed by atoms with Crippen molar-refractivity contribution in [2.75, 3.05) is 0 Å². The topological polar surface area (TPSA) is 4.93 Å². The van der Waals surface area contributed by atoms with Crippen molar-refractivity contribution >= 4 is 25.6 Å². The predicted octanol–water partition coefficient (Wildman–Crippen LogP) is 1.19. The maximum absolute atomic E-state index is 2.43. The summed E-state index contributed by atoms with van der Waals surface area (Å²) in [6, 6.07) is 4.38. The van der Waals surface area contributed by atoms with Crippen LogP contribution in [0.25, 0.3) is 0 Å². The van der Waals surface area contributed by atoms with E-state index in [4.69, 9.17) is 0 Å². The molecule has 0 N–H and O–H groups in total. The first-order valence-corrected chi connectivity index (χ1v) is 10.6. The molecule has 1 aromatic rings. The van der Waals surface area contributed by atoms with Gasteiger partial charge in [-0.2, -0.15) is 0 Å². The van der Waals surface area contributed by atoms with Crippen LogP contribution in [0.4, 0.5) is 0 Å². The number of hydrogen-bond donors (Lipinski definition) is 0. The molecule has 0 aliphatic rings. The molecule has 0 radical (unpaired) electrons. The van der Waals surface area contributed by atoms with Gasteiger partial charge in [0.25, 0.3) is 0 Å². The summed E-state index contributed by atoms with van der Waals surface area (Å²) in [4.78, 5) is 0. The average Bonchev–Trinajstić information content (AvgIpc) is 2.12. The third kappa shape index (κ3) is 2.85. The first-order chi connectivity index (χ1) is 4.99. The second-order valence-electron chi connectivity index (χ2n) is 3.67. The molecule has 0 aromatic carbocycles. The van der Waals surface area contributed by atoms with Gasteiger partial charge < -0.3 is 0 Å². The summed E-state index contributed by atoms with van der Waals surface area (Å²) in [5.74, 6) is 0. The Hall–Kier alpha value is 0.0164. The van der Waals surface area contributed by atoms with Gasteiger partial charge in [-0.25, -0.2) is 0 Å². The average molecular weight is 232 g/mol. The minimum atomic E-state index is -0.851. The Kier molecular flexibility index (Phi) is 2.63. The van der Waals surface area contributed by atoms with Crippen molar-refractivity contribution in [1.29, 1.82) is 0 Å². The summed E-state index contributed by atoms with van der Waals surface area (Å²) in [6.07, 6.45) is 2.14. The molecule has 0 bridgehead atoms. The zero-order chi connectivity index (χ0) is 8.48. The van der Waals surface area contributed by atoms with E-state index in [2.05, 4.69) is 49.6 Å². The first kappa shape index (κ1) is 9.11. The van der Waals surface area contributed by atoms with Gasteiger partial charge in [0.05, 0.1) is 0 Å². The van der Waals surface area contributed by atoms with Crippen LogP contribution >= 0.6 is 0 Å². The van der Waals surface area contributed by atoms with Crippen molar-refractivity contribution in [1.82, 2.24) is 4.57 Å². The molecule has 0 unspecified atom stereocenters. The van der Waals surface area contributed by atoms with Crippen molar-refractivity contribution < 1.29 is 0 Å². The number of rotatable bonds is 2. The molecule has 11 heavy (non-hydrogen) atoms. The van der Waals surface area contributed by atoms with Crippen molar-refractivity contribution in [2.24, 2.45) is 7.05 Å². The third-order valence-electron chi connectivity index (χ3n) is 1.31. The molecule has 1 nitrogen and oxygen atoms in total. The molecular weight excluding hydrogens is 217 g/mol. The molecular formula is C8H15NSeSi. The molecule has 1 aromatic heterocycles. The van der Waals surface area contributed by atoms with E-state index in [-0.39, 0.29) is 0 Å². The Labute approximate surface area is 75.4 Å². The molecule has 3 heteroatoms. The first-order valence-electron chi connectivity index (χ1n) is 3.79. The summed E-state index contributed by atoms with van der Waals surface area (Å²) in [6.45, 7) is 6.44. The predicted molar refractivity (Wildman–Crippen MR) is 54.1 cm³/mol. The van der Waals surface area contributed by atoms with Crippen LogP contribution in [-0.2, 0) is 7.05 Å². The number of hydrogen-bond acceptors (Lipinski definition) is 0. The monoisotopic (exact) mass is 233 g/mol. The summed E-state index contributed by atoms with van der Waals surface area (Å²) >= 11 is 0.727. The fourth-order valence-electron chi connectivity index (χ4n) is 0.865. The van der Waals surface area contributed by atoms with Crippen LogP contribution in [0.3, 0.4) is 0 Å². The Morgan fingerprint density at radius 3 is 2.36 bits per heavy atom. The third-order valence-corrected chi connectivity index (χ3v) is 8.19. The Morgan fingerprint density at radius 2 is 2.00 bits per heavy atom. The minimum absolute atomic E-state index is 0.727. The van der Waals surface area contributed by atoms with Crippen LogP contribution in [0.2, 0.25) is 19.6 Å². The van der Waals surface area contributed by atoms with Crippen molar-refractivity contribution in [2.45, 2.75) is 19.6 Å². The van der Waals surface area contributed by atoms with Gasteiger partial charge in [0.1, 0.15) is 0 Å². The van der Waals surface area contributed by atoms with Crippen LogP contribution in [-0.4, -0.2) is 25.6 Å². The quantitative estimate of drug-likeness (QED) is 0.675. The summed E-state index contributed by atoms with van der Waals surface area (Å²) in [7, 11) is 2.14. The standard InChI is InChI=1S/C8H15NSeSi/c1-9-7-5-6-8(9)10-11(2,3)4/h5-7H,1-4H3. The van der Waals surface area contributed by atoms with Gasteiger partial charge in [-0.1, -0.05) is 0 Å². The summed E-state index contributed by atoms with van der Waals surface area (Å²) in [5, 5.41) is 0. The molecule has 1 heterocycles. The van der Waals surface area contributed by atoms with Crippen LogP contribution in [0.1, 0.15) is 0 Å². The second-order valence-corrected chi connectivity index (χ2v) is 18.0. The van der Waals surface area contributed by atoms with Crippen LogP contribution in [0.15, 0.2) is 18.3 Å². The van der Waals surface area contributed by atoms with Crippen molar-refractivity contribution in [3.05, 3.63) is 18.3 Å². The van der Waals surface area contributed by atoms with Gasteiger partial charge in [-0.05, 0) is 0 Å². The number of nitrogens with zero attached hydrogens (tertiary/aromatic N) is 1. The molecule has 0 spiro atoms. The van der Waals surface area contributed by atoms with Gasteiger partial charge in [-0.3, -0.25) is 0 Å². The van der Waals surface area contributed by atoms with Crippen LogP contribution in [0.5, 0.6) is 0 Å². The number of aryl methyl sites for hydroxylation is 1. The SMILES string of the molecule is Cn1cccc1[Se][Si](C)(C)C. The van der Waals surface area contributed by atoms with E-state index in [1.54, 1.807) is 0 Å². The maximum atomic E-state index is 2.43. The zero-order valence-electron chi connectivity index (χ0n) is 7.59. The van der Waals surface area contributed by atoms with Gasteiger partial charge in [0, 0.05) is 0 Å². The zero-order valence-corrected chi connectivity index (χ0v) is 10.3. The fourth-order valence-corrected chi connectivity index (χ4v) is 7.28. The Balaban J connectivity index is 2.72. The molecule has 0 aliphatic carbocycles. The van der Waals surface area contributed by atoms with Gasteiger partial charge in [-0.15, -0.1) is 0 Å². The normalized spacial score (nSPS) is 12.0. The van der Waals surface area contributed by atoms with E-state index in [0.717, 1.165) is 14.3 Å². The molecule has 0 atom stereocenters. The summed E-state index contributed by atoms with van der Waals surface area (Å²) in [5.41, 5.74) is 0. The van der Waals surface area contributed by atoms with Gasteiger partial charge in [0.15, 0.2) is 0 Å². The van der Waals surface area contributed by atoms with Crippen molar-refractivity contribution in [3.63, 3.8) is 0 Å². The molecule has 62 valence electrons. The van der Waals surface area contributed by atoms with E-state index in [9.17, 15) is 0 Å². The molecule has 0 saturated heterocycles. The van der Waals surface area contributed by atoms with E-state index in [1.165, 1.54) is 4.59 Å². The summed E-state index contributed by atoms with van der Waals surface area (Å²) < 4.78 is 3.79. The van der Waals surface area contributed by atoms with E-state index < -0.39 is 6.68 Å². The van der Waals surface area contributed by atoms with Crippen LogP contribution in [0, 0.1) is 0 Å². The second kappa shape index (κ2) is 3.17. The number of aromatic nitrogens is 1. The fraction of sp³-hybridized carbons (Fsp3) is 0.500. The van der Waals surface area contributed by atoms with E-state index in [0.29, 0.717) is 0 Å². The molecule has 1 rings (SSSR count). The van der Waals surface area contributed by atoms with Gasteiger partial charge in [0.2, 0.25) is 0 Å². The van der Waals surface area contributed by atoms with E-state index >= 15 is 0 Å². The Bertz CT molecular complexity index is 236. The molecule has 0 fully saturated rings. The molecule has 0 aliphatic heterocycles. The van der Waals surface area contributed by atoms with Gasteiger partial charge >= 0.3 is 75.2 Å². The molecule has 0 amide bonds. The molecule has 0 saturated carbocycles. The van der Waals surface area contributed by atoms with Crippen molar-refractivity contribution in [3.8, 4) is 0 Å². The van der Waals surface area contributed by atoms with E-state index in [1.807, 2.05) is 0 Å².